The van der Waals surface area contributed by atoms with Crippen LogP contribution in [0.2, 0.25) is 0 Å². The quantitative estimate of drug-likeness (QED) is 0.324. The van der Waals surface area contributed by atoms with E-state index in [-0.39, 0.29) is 0 Å². The normalized spacial score (nSPS) is 12.0. The predicted molar refractivity (Wildman–Crippen MR) is 125 cm³/mol. The van der Waals surface area contributed by atoms with E-state index in [0.29, 0.717) is 16.7 Å². The highest BCUT2D eigenvalue weighted by Gasteiger charge is 2.33. The Kier molecular flexibility index (Phi) is 7.64. The van der Waals surface area contributed by atoms with Gasteiger partial charge in [0, 0.05) is 0 Å². The zero-order valence-corrected chi connectivity index (χ0v) is 18.4. The van der Waals surface area contributed by atoms with E-state index in [0.717, 1.165) is 18.6 Å². The highest BCUT2D eigenvalue weighted by atomic mass is 32.3. The van der Waals surface area contributed by atoms with Crippen molar-refractivity contribution in [3.63, 3.8) is 0 Å². The molecule has 0 aliphatic rings. The predicted octanol–water partition coefficient (Wildman–Crippen LogP) is 5.02. The van der Waals surface area contributed by atoms with E-state index in [2.05, 4.69) is 0 Å². The molecule has 32 heavy (non-hydrogen) atoms. The van der Waals surface area contributed by atoms with Gasteiger partial charge in [0.25, 0.3) is 0 Å². The van der Waals surface area contributed by atoms with Gasteiger partial charge >= 0.3 is 20.2 Å². The summed E-state index contributed by atoms with van der Waals surface area (Å²) >= 11 is 0. The van der Waals surface area contributed by atoms with E-state index < -0.39 is 24.5 Å². The minimum Gasteiger partial charge on any atom is -0.386 e. The van der Waals surface area contributed by atoms with Crippen LogP contribution in [0.3, 0.4) is 0 Å². The van der Waals surface area contributed by atoms with Crippen LogP contribution < -0.4 is 0 Å². The minimum atomic E-state index is -4.72. The van der Waals surface area contributed by atoms with Crippen molar-refractivity contribution >= 4 is 38.5 Å². The van der Waals surface area contributed by atoms with Gasteiger partial charge in [-0.2, -0.15) is 16.8 Å². The fourth-order valence-corrected chi connectivity index (χ4v) is 4.93. The molecule has 0 heterocycles. The maximum Gasteiger partial charge on any atom is 0.353 e. The second kappa shape index (κ2) is 10.6. The zero-order chi connectivity index (χ0) is 22.9. The molecule has 164 valence electrons. The van der Waals surface area contributed by atoms with E-state index in [4.69, 9.17) is 8.37 Å². The van der Waals surface area contributed by atoms with Gasteiger partial charge in [0.1, 0.15) is 12.5 Å². The largest absolute Gasteiger partial charge is 0.386 e. The van der Waals surface area contributed by atoms with Crippen LogP contribution in [0.25, 0.3) is 18.2 Å². The third-order valence-electron chi connectivity index (χ3n) is 4.06. The Balaban J connectivity index is 1.89. The van der Waals surface area contributed by atoms with Gasteiger partial charge < -0.3 is 8.37 Å². The second-order valence-electron chi connectivity index (χ2n) is 6.40. The molecule has 0 aliphatic carbocycles. The van der Waals surface area contributed by atoms with Crippen molar-refractivity contribution in [1.29, 1.82) is 0 Å². The molecule has 0 aromatic heterocycles. The molecule has 3 rings (SSSR count). The van der Waals surface area contributed by atoms with Gasteiger partial charge in [-0.25, -0.2) is 0 Å². The molecule has 0 N–H and O–H groups in total. The fraction of sp³-hybridized carbons (Fsp3) is 0. The van der Waals surface area contributed by atoms with Gasteiger partial charge in [-0.1, -0.05) is 91.0 Å². The van der Waals surface area contributed by atoms with Gasteiger partial charge in [-0.15, -0.1) is 0 Å². The Morgan fingerprint density at radius 1 is 0.531 bits per heavy atom. The second-order valence-corrected chi connectivity index (χ2v) is 9.74. The lowest BCUT2D eigenvalue weighted by Crippen LogP contribution is -2.16. The van der Waals surface area contributed by atoms with Crippen molar-refractivity contribution in [1.82, 2.24) is 0 Å². The van der Waals surface area contributed by atoms with Crippen molar-refractivity contribution in [2.75, 3.05) is 0 Å². The SMILES string of the molecule is O=S(=O)(OC=Cc1ccccc1)C(=Cc1ccccc1)S(=O)(=O)OC=Cc1ccccc1. The molecule has 8 heteroatoms. The van der Waals surface area contributed by atoms with Crippen LogP contribution in [-0.4, -0.2) is 16.8 Å². The third kappa shape index (κ3) is 6.69. The lowest BCUT2D eigenvalue weighted by atomic mass is 10.2. The van der Waals surface area contributed by atoms with Crippen LogP contribution in [0.4, 0.5) is 0 Å². The molecule has 0 unspecified atom stereocenters. The highest BCUT2D eigenvalue weighted by Crippen LogP contribution is 2.23. The van der Waals surface area contributed by atoms with E-state index in [1.165, 1.54) is 12.2 Å². The van der Waals surface area contributed by atoms with Crippen LogP contribution in [0, 0.1) is 0 Å². The monoisotopic (exact) mass is 468 g/mol. The average molecular weight is 469 g/mol. The molecular weight excluding hydrogens is 448 g/mol. The van der Waals surface area contributed by atoms with Crippen LogP contribution in [-0.2, 0) is 28.6 Å². The topological polar surface area (TPSA) is 86.7 Å². The van der Waals surface area contributed by atoms with Crippen LogP contribution in [0.1, 0.15) is 16.7 Å². The van der Waals surface area contributed by atoms with E-state index in [9.17, 15) is 16.8 Å². The van der Waals surface area contributed by atoms with Crippen LogP contribution in [0.15, 0.2) is 108 Å². The smallest absolute Gasteiger partial charge is 0.353 e. The van der Waals surface area contributed by atoms with Crippen molar-refractivity contribution in [3.05, 3.63) is 124 Å². The Morgan fingerprint density at radius 2 is 0.875 bits per heavy atom. The molecule has 0 radical (unpaired) electrons. The molecule has 3 aromatic rings. The summed E-state index contributed by atoms with van der Waals surface area (Å²) in [5.41, 5.74) is 1.71. The van der Waals surface area contributed by atoms with E-state index in [1.54, 1.807) is 78.9 Å². The summed E-state index contributed by atoms with van der Waals surface area (Å²) in [6.45, 7) is 0. The summed E-state index contributed by atoms with van der Waals surface area (Å²) in [4.78, 5) is 0. The first-order valence-electron chi connectivity index (χ1n) is 9.43. The molecule has 6 nitrogen and oxygen atoms in total. The van der Waals surface area contributed by atoms with E-state index >= 15 is 0 Å². The first-order valence-corrected chi connectivity index (χ1v) is 12.2. The summed E-state index contributed by atoms with van der Waals surface area (Å²) in [6, 6.07) is 25.8. The van der Waals surface area contributed by atoms with Gasteiger partial charge in [0.2, 0.25) is 4.24 Å². The Hall–Kier alpha value is -3.62. The van der Waals surface area contributed by atoms with Crippen molar-refractivity contribution in [3.8, 4) is 0 Å². The van der Waals surface area contributed by atoms with Gasteiger partial charge in [0.15, 0.2) is 0 Å². The lowest BCUT2D eigenvalue weighted by molar-refractivity contribution is 0.442. The van der Waals surface area contributed by atoms with Crippen LogP contribution >= 0.6 is 0 Å². The summed E-state index contributed by atoms with van der Waals surface area (Å²) < 4.78 is 59.8. The summed E-state index contributed by atoms with van der Waals surface area (Å²) in [6.07, 6.45) is 5.62. The molecule has 0 atom stereocenters. The number of hydrogen-bond acceptors (Lipinski definition) is 6. The van der Waals surface area contributed by atoms with Gasteiger partial charge in [-0.05, 0) is 34.9 Å². The molecular formula is C24H20O6S2. The van der Waals surface area contributed by atoms with Crippen molar-refractivity contribution in [2.45, 2.75) is 0 Å². The van der Waals surface area contributed by atoms with Crippen molar-refractivity contribution in [2.24, 2.45) is 0 Å². The highest BCUT2D eigenvalue weighted by molar-refractivity contribution is 8.10. The first-order chi connectivity index (χ1) is 15.4. The van der Waals surface area contributed by atoms with Crippen molar-refractivity contribution < 1.29 is 25.2 Å². The van der Waals surface area contributed by atoms with Gasteiger partial charge in [0.05, 0.1) is 0 Å². The minimum absolute atomic E-state index is 0.348. The number of benzene rings is 3. The third-order valence-corrected chi connectivity index (χ3v) is 7.24. The molecule has 0 saturated carbocycles. The summed E-state index contributed by atoms with van der Waals surface area (Å²) in [5, 5.41) is 0. The van der Waals surface area contributed by atoms with Crippen LogP contribution in [0.5, 0.6) is 0 Å². The molecule has 0 fully saturated rings. The molecule has 0 amide bonds. The summed E-state index contributed by atoms with van der Waals surface area (Å²) in [5.74, 6) is 0. The Bertz CT molecular complexity index is 1230. The molecule has 3 aromatic carbocycles. The Morgan fingerprint density at radius 3 is 1.25 bits per heavy atom. The molecule has 0 bridgehead atoms. The zero-order valence-electron chi connectivity index (χ0n) is 16.8. The first kappa shape index (κ1) is 23.1. The maximum atomic E-state index is 12.8. The lowest BCUT2D eigenvalue weighted by Gasteiger charge is -2.09. The summed E-state index contributed by atoms with van der Waals surface area (Å²) in [7, 11) is -9.43. The number of hydrogen-bond donors (Lipinski definition) is 0. The average Bonchev–Trinajstić information content (AvgIpc) is 2.79. The maximum absolute atomic E-state index is 12.8. The Labute approximate surface area is 188 Å². The van der Waals surface area contributed by atoms with E-state index in [1.807, 2.05) is 12.1 Å². The standard InChI is InChI=1S/C24H20O6S2/c25-31(26,29-18-16-21-10-4-1-5-11-21)24(20-23-14-8-3-9-15-23)32(27,28)30-19-17-22-12-6-2-7-13-22/h1-20H. The fourth-order valence-electron chi connectivity index (χ4n) is 2.54. The molecule has 0 aliphatic heterocycles. The molecule has 0 spiro atoms. The van der Waals surface area contributed by atoms with Gasteiger partial charge in [-0.3, -0.25) is 0 Å². The number of rotatable bonds is 9. The molecule has 0 saturated heterocycles.